The largest absolute Gasteiger partial charge is 0.367 e. The summed E-state index contributed by atoms with van der Waals surface area (Å²) in [5, 5.41) is 6.65. The van der Waals surface area contributed by atoms with E-state index in [1.807, 2.05) is 24.3 Å². The van der Waals surface area contributed by atoms with Gasteiger partial charge in [0.25, 0.3) is 5.91 Å². The smallest absolute Gasteiger partial charge is 0.252 e. The van der Waals surface area contributed by atoms with Crippen molar-refractivity contribution < 1.29 is 4.79 Å². The first-order valence-corrected chi connectivity index (χ1v) is 7.40. The van der Waals surface area contributed by atoms with E-state index < -0.39 is 0 Å². The summed E-state index contributed by atoms with van der Waals surface area (Å²) in [4.78, 5) is 16.2. The highest BCUT2D eigenvalue weighted by molar-refractivity contribution is 6.30. The van der Waals surface area contributed by atoms with Crippen LogP contribution in [0.5, 0.6) is 0 Å². The molecule has 114 valence electrons. The van der Waals surface area contributed by atoms with E-state index in [9.17, 15) is 4.79 Å². The monoisotopic (exact) mass is 315 g/mol. The molecular weight excluding hydrogens is 298 g/mol. The number of pyridine rings is 1. The minimum atomic E-state index is -0.128. The molecule has 0 fully saturated rings. The first-order chi connectivity index (χ1) is 10.7. The second-order valence-electron chi connectivity index (χ2n) is 4.73. The van der Waals surface area contributed by atoms with Crippen LogP contribution in [0.3, 0.4) is 0 Å². The Morgan fingerprint density at radius 2 is 2.00 bits per heavy atom. The van der Waals surface area contributed by atoms with E-state index in [2.05, 4.69) is 22.2 Å². The van der Waals surface area contributed by atoms with Gasteiger partial charge in [-0.2, -0.15) is 0 Å². The molecule has 2 N–H and O–H groups in total. The molecule has 0 radical (unpaired) electrons. The van der Waals surface area contributed by atoms with E-state index in [1.54, 1.807) is 24.4 Å². The molecule has 22 heavy (non-hydrogen) atoms. The van der Waals surface area contributed by atoms with Gasteiger partial charge in [0.05, 0.1) is 5.56 Å². The minimum absolute atomic E-state index is 0.128. The van der Waals surface area contributed by atoms with E-state index in [0.717, 1.165) is 17.8 Å². The van der Waals surface area contributed by atoms with Crippen LogP contribution < -0.4 is 10.6 Å². The Morgan fingerprint density at radius 1 is 1.23 bits per heavy atom. The van der Waals surface area contributed by atoms with Crippen LogP contribution in [0.25, 0.3) is 0 Å². The number of aromatic nitrogens is 1. The standard InChI is InChI=1S/C17H18ClN3O/c1-2-10-19-16-8-5-14(12-21-16)17(22)20-11-9-13-3-6-15(18)7-4-13/h2-8,12H,1,9-11H2,(H,19,21)(H,20,22). The highest BCUT2D eigenvalue weighted by Gasteiger charge is 2.05. The molecular formula is C17H18ClN3O. The van der Waals surface area contributed by atoms with Crippen LogP contribution in [0.1, 0.15) is 15.9 Å². The van der Waals surface area contributed by atoms with Crippen molar-refractivity contribution in [1.82, 2.24) is 10.3 Å². The summed E-state index contributed by atoms with van der Waals surface area (Å²) < 4.78 is 0. The molecule has 0 aliphatic rings. The lowest BCUT2D eigenvalue weighted by Gasteiger charge is -2.07. The van der Waals surface area contributed by atoms with Gasteiger partial charge in [-0.1, -0.05) is 29.8 Å². The van der Waals surface area contributed by atoms with Crippen molar-refractivity contribution in [2.45, 2.75) is 6.42 Å². The molecule has 1 aromatic heterocycles. The maximum Gasteiger partial charge on any atom is 0.252 e. The first-order valence-electron chi connectivity index (χ1n) is 7.02. The molecule has 1 amide bonds. The van der Waals surface area contributed by atoms with E-state index >= 15 is 0 Å². The summed E-state index contributed by atoms with van der Waals surface area (Å²) in [6.45, 7) is 4.83. The van der Waals surface area contributed by atoms with Gasteiger partial charge in [0.1, 0.15) is 5.82 Å². The maximum absolute atomic E-state index is 12.0. The zero-order valence-corrected chi connectivity index (χ0v) is 12.9. The number of hydrogen-bond donors (Lipinski definition) is 2. The molecule has 0 saturated heterocycles. The zero-order chi connectivity index (χ0) is 15.8. The van der Waals surface area contributed by atoms with E-state index in [4.69, 9.17) is 11.6 Å². The lowest BCUT2D eigenvalue weighted by atomic mass is 10.1. The number of carbonyl (C=O) groups excluding carboxylic acids is 1. The summed E-state index contributed by atoms with van der Waals surface area (Å²) in [6, 6.07) is 11.1. The van der Waals surface area contributed by atoms with Gasteiger partial charge in [-0.15, -0.1) is 6.58 Å². The second-order valence-corrected chi connectivity index (χ2v) is 5.17. The Kier molecular flexibility index (Phi) is 5.98. The van der Waals surface area contributed by atoms with Crippen LogP contribution in [-0.2, 0) is 6.42 Å². The molecule has 1 heterocycles. The minimum Gasteiger partial charge on any atom is -0.367 e. The van der Waals surface area contributed by atoms with E-state index in [-0.39, 0.29) is 5.91 Å². The molecule has 0 spiro atoms. The van der Waals surface area contributed by atoms with Gasteiger partial charge in [-0.25, -0.2) is 4.98 Å². The highest BCUT2D eigenvalue weighted by Crippen LogP contribution is 2.09. The number of anilines is 1. The third-order valence-electron chi connectivity index (χ3n) is 3.07. The third kappa shape index (κ3) is 4.90. The Balaban J connectivity index is 1.81. The summed E-state index contributed by atoms with van der Waals surface area (Å²) >= 11 is 5.83. The van der Waals surface area contributed by atoms with Crippen LogP contribution in [0.4, 0.5) is 5.82 Å². The van der Waals surface area contributed by atoms with Crippen LogP contribution in [0, 0.1) is 0 Å². The summed E-state index contributed by atoms with van der Waals surface area (Å²) in [6.07, 6.45) is 4.07. The van der Waals surface area contributed by atoms with Crippen molar-refractivity contribution in [3.8, 4) is 0 Å². The summed E-state index contributed by atoms with van der Waals surface area (Å²) in [5.74, 6) is 0.592. The van der Waals surface area contributed by atoms with Gasteiger partial charge in [0.2, 0.25) is 0 Å². The van der Waals surface area contributed by atoms with Gasteiger partial charge in [0.15, 0.2) is 0 Å². The van der Waals surface area contributed by atoms with Gasteiger partial charge in [-0.05, 0) is 36.2 Å². The number of nitrogens with zero attached hydrogens (tertiary/aromatic N) is 1. The van der Waals surface area contributed by atoms with Gasteiger partial charge < -0.3 is 10.6 Å². The van der Waals surface area contributed by atoms with Crippen molar-refractivity contribution in [3.05, 3.63) is 71.4 Å². The summed E-state index contributed by atoms with van der Waals surface area (Å²) in [5.41, 5.74) is 1.67. The number of nitrogens with one attached hydrogen (secondary N) is 2. The molecule has 2 aromatic rings. The van der Waals surface area contributed by atoms with E-state index in [0.29, 0.717) is 23.7 Å². The normalized spacial score (nSPS) is 10.0. The van der Waals surface area contributed by atoms with Crippen molar-refractivity contribution >= 4 is 23.3 Å². The van der Waals surface area contributed by atoms with Crippen LogP contribution in [0.15, 0.2) is 55.3 Å². The quantitative estimate of drug-likeness (QED) is 0.771. The van der Waals surface area contributed by atoms with Crippen molar-refractivity contribution in [2.24, 2.45) is 0 Å². The second kappa shape index (κ2) is 8.20. The van der Waals surface area contributed by atoms with Crippen molar-refractivity contribution in [2.75, 3.05) is 18.4 Å². The number of benzene rings is 1. The fourth-order valence-electron chi connectivity index (χ4n) is 1.88. The van der Waals surface area contributed by atoms with Crippen LogP contribution in [-0.4, -0.2) is 24.0 Å². The number of halogens is 1. The molecule has 2 rings (SSSR count). The Labute approximate surface area is 135 Å². The molecule has 0 bridgehead atoms. The molecule has 0 aliphatic carbocycles. The Hall–Kier alpha value is -2.33. The Bertz CT molecular complexity index is 623. The number of rotatable bonds is 7. The number of carbonyl (C=O) groups is 1. The zero-order valence-electron chi connectivity index (χ0n) is 12.2. The lowest BCUT2D eigenvalue weighted by Crippen LogP contribution is -2.25. The fourth-order valence-corrected chi connectivity index (χ4v) is 2.01. The molecule has 0 aliphatic heterocycles. The van der Waals surface area contributed by atoms with Crippen molar-refractivity contribution in [1.29, 1.82) is 0 Å². The predicted octanol–water partition coefficient (Wildman–Crippen LogP) is 3.31. The van der Waals surface area contributed by atoms with Gasteiger partial charge >= 0.3 is 0 Å². The summed E-state index contributed by atoms with van der Waals surface area (Å²) in [7, 11) is 0. The Morgan fingerprint density at radius 3 is 2.64 bits per heavy atom. The van der Waals surface area contributed by atoms with Gasteiger partial charge in [-0.3, -0.25) is 4.79 Å². The fraction of sp³-hybridized carbons (Fsp3) is 0.176. The number of amides is 1. The van der Waals surface area contributed by atoms with Gasteiger partial charge in [0, 0.05) is 24.3 Å². The predicted molar refractivity (Wildman–Crippen MR) is 90.4 cm³/mol. The molecule has 5 heteroatoms. The molecule has 0 atom stereocenters. The molecule has 4 nitrogen and oxygen atoms in total. The van der Waals surface area contributed by atoms with E-state index in [1.165, 1.54) is 0 Å². The van der Waals surface area contributed by atoms with Crippen molar-refractivity contribution in [3.63, 3.8) is 0 Å². The molecule has 0 unspecified atom stereocenters. The number of hydrogen-bond acceptors (Lipinski definition) is 3. The van der Waals surface area contributed by atoms with Crippen LogP contribution in [0.2, 0.25) is 5.02 Å². The lowest BCUT2D eigenvalue weighted by molar-refractivity contribution is 0.0954. The first kappa shape index (κ1) is 16.0. The average Bonchev–Trinajstić information content (AvgIpc) is 2.55. The topological polar surface area (TPSA) is 54.0 Å². The molecule has 0 saturated carbocycles. The third-order valence-corrected chi connectivity index (χ3v) is 3.32. The average molecular weight is 316 g/mol. The highest BCUT2D eigenvalue weighted by atomic mass is 35.5. The van der Waals surface area contributed by atoms with Crippen LogP contribution >= 0.6 is 11.6 Å². The molecule has 1 aromatic carbocycles. The maximum atomic E-state index is 12.0. The SMILES string of the molecule is C=CCNc1ccc(C(=O)NCCc2ccc(Cl)cc2)cn1.